The van der Waals surface area contributed by atoms with Crippen molar-refractivity contribution in [1.29, 1.82) is 0 Å². The number of benzene rings is 3. The van der Waals surface area contributed by atoms with Crippen molar-refractivity contribution < 1.29 is 10.1 Å². The Morgan fingerprint density at radius 1 is 0.846 bits per heavy atom. The van der Waals surface area contributed by atoms with Crippen LogP contribution >= 0.6 is 0 Å². The van der Waals surface area contributed by atoms with Gasteiger partial charge < -0.3 is 15.9 Å². The van der Waals surface area contributed by atoms with E-state index in [9.17, 15) is 0 Å². The number of nitrogen functional groups attached to an aromatic ring is 1. The highest BCUT2D eigenvalue weighted by Gasteiger charge is 2.08. The predicted molar refractivity (Wildman–Crippen MR) is 105 cm³/mol. The zero-order chi connectivity index (χ0) is 17.9. The van der Waals surface area contributed by atoms with Crippen LogP contribution in [0.4, 0.5) is 17.1 Å². The molecule has 0 aliphatic heterocycles. The molecule has 0 atom stereocenters. The summed E-state index contributed by atoms with van der Waals surface area (Å²) in [5, 5.41) is 13.3. The number of nitrogens with zero attached hydrogens (tertiary/aromatic N) is 1. The molecule has 0 fully saturated rings. The molecular formula is C21H17N3O2. The van der Waals surface area contributed by atoms with E-state index in [0.717, 1.165) is 33.6 Å². The topological polar surface area (TPSA) is 80.4 Å². The molecule has 4 N–H and O–H groups in total. The van der Waals surface area contributed by atoms with Crippen molar-refractivity contribution in [1.82, 2.24) is 4.98 Å². The van der Waals surface area contributed by atoms with Crippen LogP contribution in [-0.4, -0.2) is 10.2 Å². The number of aromatic nitrogens is 1. The number of nitrogens with two attached hydrogens (primary N) is 1. The van der Waals surface area contributed by atoms with E-state index in [0.29, 0.717) is 11.3 Å². The van der Waals surface area contributed by atoms with E-state index in [-0.39, 0.29) is 0 Å². The molecule has 5 nitrogen and oxygen atoms in total. The summed E-state index contributed by atoms with van der Waals surface area (Å²) in [7, 11) is 0. The lowest BCUT2D eigenvalue weighted by atomic mass is 10.0. The summed E-state index contributed by atoms with van der Waals surface area (Å²) >= 11 is 0. The van der Waals surface area contributed by atoms with Crippen molar-refractivity contribution in [2.75, 3.05) is 11.1 Å². The SMILES string of the molecule is Nc1ccc(-c2ccc(Nc3ccc(OO)c4ncccc34)cc2)cc1. The molecule has 0 unspecified atom stereocenters. The van der Waals surface area contributed by atoms with Gasteiger partial charge in [0.25, 0.3) is 0 Å². The summed E-state index contributed by atoms with van der Waals surface area (Å²) in [5.74, 6) is 0.324. The molecule has 26 heavy (non-hydrogen) atoms. The fourth-order valence-corrected chi connectivity index (χ4v) is 2.91. The highest BCUT2D eigenvalue weighted by atomic mass is 17.1. The van der Waals surface area contributed by atoms with Crippen molar-refractivity contribution in [2.24, 2.45) is 0 Å². The standard InChI is InChI=1S/C21H17N3O2/c22-16-7-3-14(4-8-16)15-5-9-17(10-6-15)24-19-11-12-20(26-25)21-18(19)2-1-13-23-21/h1-13,24-25H,22H2. The Hall–Kier alpha value is -3.57. The molecule has 0 saturated heterocycles. The second-order valence-corrected chi connectivity index (χ2v) is 5.93. The molecule has 1 heterocycles. The summed E-state index contributed by atoms with van der Waals surface area (Å²) < 4.78 is 0. The largest absolute Gasteiger partial charge is 0.399 e. The van der Waals surface area contributed by atoms with E-state index in [4.69, 9.17) is 11.0 Å². The number of hydrogen-bond donors (Lipinski definition) is 3. The lowest BCUT2D eigenvalue weighted by Gasteiger charge is -2.12. The van der Waals surface area contributed by atoms with Gasteiger partial charge in [0.2, 0.25) is 0 Å². The summed E-state index contributed by atoms with van der Waals surface area (Å²) in [6.45, 7) is 0. The lowest BCUT2D eigenvalue weighted by Crippen LogP contribution is -1.94. The summed E-state index contributed by atoms with van der Waals surface area (Å²) in [6.07, 6.45) is 1.66. The van der Waals surface area contributed by atoms with Gasteiger partial charge in [-0.25, -0.2) is 5.26 Å². The van der Waals surface area contributed by atoms with E-state index < -0.39 is 0 Å². The highest BCUT2D eigenvalue weighted by Crippen LogP contribution is 2.32. The zero-order valence-corrected chi connectivity index (χ0v) is 13.9. The fourth-order valence-electron chi connectivity index (χ4n) is 2.91. The normalized spacial score (nSPS) is 10.7. The first-order chi connectivity index (χ1) is 12.7. The summed E-state index contributed by atoms with van der Waals surface area (Å²) in [4.78, 5) is 8.69. The molecule has 0 saturated carbocycles. The predicted octanol–water partition coefficient (Wildman–Crippen LogP) is 5.08. The van der Waals surface area contributed by atoms with Gasteiger partial charge in [-0.2, -0.15) is 0 Å². The molecule has 1 aromatic heterocycles. The van der Waals surface area contributed by atoms with Crippen LogP contribution in [0.2, 0.25) is 0 Å². The first-order valence-corrected chi connectivity index (χ1v) is 8.17. The average Bonchev–Trinajstić information content (AvgIpc) is 2.69. The van der Waals surface area contributed by atoms with Gasteiger partial charge in [-0.1, -0.05) is 24.3 Å². The van der Waals surface area contributed by atoms with Crippen LogP contribution in [-0.2, 0) is 0 Å². The molecule has 0 spiro atoms. The van der Waals surface area contributed by atoms with Gasteiger partial charge in [0.05, 0.1) is 0 Å². The Bertz CT molecular complexity index is 1040. The molecule has 4 aromatic rings. The second-order valence-electron chi connectivity index (χ2n) is 5.93. The van der Waals surface area contributed by atoms with Crippen LogP contribution in [0.3, 0.4) is 0 Å². The van der Waals surface area contributed by atoms with Gasteiger partial charge in [0, 0.05) is 28.6 Å². The fraction of sp³-hybridized carbons (Fsp3) is 0. The van der Waals surface area contributed by atoms with Crippen LogP contribution in [0, 0.1) is 0 Å². The molecule has 0 aliphatic rings. The van der Waals surface area contributed by atoms with Crippen LogP contribution in [0.1, 0.15) is 0 Å². The monoisotopic (exact) mass is 343 g/mol. The molecule has 0 aliphatic carbocycles. The van der Waals surface area contributed by atoms with E-state index in [1.165, 1.54) is 0 Å². The minimum absolute atomic E-state index is 0.324. The van der Waals surface area contributed by atoms with Gasteiger partial charge in [0.15, 0.2) is 5.75 Å². The van der Waals surface area contributed by atoms with Gasteiger partial charge >= 0.3 is 0 Å². The Morgan fingerprint density at radius 2 is 1.54 bits per heavy atom. The van der Waals surface area contributed by atoms with E-state index >= 15 is 0 Å². The van der Waals surface area contributed by atoms with Crippen LogP contribution < -0.4 is 15.9 Å². The summed E-state index contributed by atoms with van der Waals surface area (Å²) in [6, 6.07) is 23.2. The van der Waals surface area contributed by atoms with E-state index in [1.807, 2.05) is 54.6 Å². The molecule has 5 heteroatoms. The highest BCUT2D eigenvalue weighted by molar-refractivity contribution is 5.96. The Morgan fingerprint density at radius 3 is 2.23 bits per heavy atom. The first-order valence-electron chi connectivity index (χ1n) is 8.17. The number of anilines is 3. The number of fused-ring (bicyclic) bond motifs is 1. The zero-order valence-electron chi connectivity index (χ0n) is 13.9. The van der Waals surface area contributed by atoms with Crippen molar-refractivity contribution in [3.63, 3.8) is 0 Å². The molecular weight excluding hydrogens is 326 g/mol. The Labute approximate surface area is 150 Å². The molecule has 4 rings (SSSR count). The van der Waals surface area contributed by atoms with Gasteiger partial charge in [-0.15, -0.1) is 0 Å². The van der Waals surface area contributed by atoms with Crippen molar-refractivity contribution >= 4 is 28.0 Å². The van der Waals surface area contributed by atoms with Gasteiger partial charge in [-0.05, 0) is 59.7 Å². The third kappa shape index (κ3) is 3.03. The van der Waals surface area contributed by atoms with Gasteiger partial charge in [-0.3, -0.25) is 4.98 Å². The first kappa shape index (κ1) is 15.9. The maximum atomic E-state index is 9.00. The number of pyridine rings is 1. The molecule has 0 radical (unpaired) electrons. The molecule has 0 bridgehead atoms. The lowest BCUT2D eigenvalue weighted by molar-refractivity contribution is -0.136. The van der Waals surface area contributed by atoms with E-state index in [1.54, 1.807) is 12.3 Å². The van der Waals surface area contributed by atoms with Gasteiger partial charge in [0.1, 0.15) is 5.52 Å². The third-order valence-electron chi connectivity index (χ3n) is 4.24. The Balaban J connectivity index is 1.64. The quantitative estimate of drug-likeness (QED) is 0.273. The van der Waals surface area contributed by atoms with Crippen molar-refractivity contribution in [2.45, 2.75) is 0 Å². The minimum Gasteiger partial charge on any atom is -0.399 e. The number of nitrogens with one attached hydrogen (secondary N) is 1. The average molecular weight is 343 g/mol. The van der Waals surface area contributed by atoms with Crippen LogP contribution in [0.15, 0.2) is 79.0 Å². The van der Waals surface area contributed by atoms with Crippen molar-refractivity contribution in [3.8, 4) is 16.9 Å². The Kier molecular flexibility index (Phi) is 4.13. The minimum atomic E-state index is 0.324. The maximum Gasteiger partial charge on any atom is 0.191 e. The number of rotatable bonds is 4. The molecule has 0 amide bonds. The second kappa shape index (κ2) is 6.74. The van der Waals surface area contributed by atoms with Crippen LogP contribution in [0.25, 0.3) is 22.0 Å². The van der Waals surface area contributed by atoms with E-state index in [2.05, 4.69) is 27.3 Å². The smallest absolute Gasteiger partial charge is 0.191 e. The third-order valence-corrected chi connectivity index (χ3v) is 4.24. The number of hydrogen-bond acceptors (Lipinski definition) is 5. The van der Waals surface area contributed by atoms with Crippen molar-refractivity contribution in [3.05, 3.63) is 79.0 Å². The molecule has 128 valence electrons. The molecule has 3 aromatic carbocycles. The summed E-state index contributed by atoms with van der Waals surface area (Å²) in [5.41, 5.74) is 11.2. The maximum absolute atomic E-state index is 9.00. The van der Waals surface area contributed by atoms with Crippen LogP contribution in [0.5, 0.6) is 5.75 Å².